The number of nitrogens with one attached hydrogen (secondary N) is 3. The summed E-state index contributed by atoms with van der Waals surface area (Å²) in [5, 5.41) is 11.4. The highest BCUT2D eigenvalue weighted by Gasteiger charge is 2.34. The first-order valence-electron chi connectivity index (χ1n) is 11.9. The smallest absolute Gasteiger partial charge is 0.254 e. The molecule has 2 fully saturated rings. The quantitative estimate of drug-likeness (QED) is 0.491. The van der Waals surface area contributed by atoms with Gasteiger partial charge in [0.05, 0.1) is 11.1 Å². The zero-order valence-corrected chi connectivity index (χ0v) is 19.2. The molecule has 0 aliphatic heterocycles. The van der Waals surface area contributed by atoms with Gasteiger partial charge in [-0.05, 0) is 62.5 Å². The Labute approximate surface area is 196 Å². The second-order valence-electron chi connectivity index (χ2n) is 9.46. The van der Waals surface area contributed by atoms with Crippen molar-refractivity contribution >= 4 is 45.0 Å². The van der Waals surface area contributed by atoms with Gasteiger partial charge in [0.15, 0.2) is 0 Å². The van der Waals surface area contributed by atoms with Crippen molar-refractivity contribution in [3.63, 3.8) is 0 Å². The average molecular weight is 462 g/mol. The highest BCUT2D eigenvalue weighted by molar-refractivity contribution is 7.17. The SMILES string of the molecule is O=C(NCC1CC1)c1c(NC(=O)C2CC2)sc2c1CC(Nc1ncc3ccccc3n1)CC2. The van der Waals surface area contributed by atoms with Crippen LogP contribution in [0.5, 0.6) is 0 Å². The van der Waals surface area contributed by atoms with E-state index in [0.717, 1.165) is 42.1 Å². The summed E-state index contributed by atoms with van der Waals surface area (Å²) in [6.45, 7) is 0.714. The van der Waals surface area contributed by atoms with E-state index in [0.29, 0.717) is 35.4 Å². The molecular formula is C25H27N5O2S. The van der Waals surface area contributed by atoms with Gasteiger partial charge in [0.1, 0.15) is 5.00 Å². The van der Waals surface area contributed by atoms with E-state index in [2.05, 4.69) is 25.9 Å². The molecule has 6 rings (SSSR count). The zero-order chi connectivity index (χ0) is 22.4. The molecule has 170 valence electrons. The van der Waals surface area contributed by atoms with Crippen molar-refractivity contribution in [3.8, 4) is 0 Å². The molecule has 2 aromatic heterocycles. The molecule has 3 aliphatic rings. The molecule has 3 aliphatic carbocycles. The number of fused-ring (bicyclic) bond motifs is 2. The number of hydrogen-bond donors (Lipinski definition) is 3. The molecule has 7 nitrogen and oxygen atoms in total. The van der Waals surface area contributed by atoms with Crippen LogP contribution in [0.2, 0.25) is 0 Å². The maximum atomic E-state index is 13.2. The number of amides is 2. The van der Waals surface area contributed by atoms with Crippen molar-refractivity contribution in [2.75, 3.05) is 17.2 Å². The van der Waals surface area contributed by atoms with E-state index in [1.807, 2.05) is 30.5 Å². The van der Waals surface area contributed by atoms with Gasteiger partial charge in [0.25, 0.3) is 5.91 Å². The van der Waals surface area contributed by atoms with Crippen LogP contribution in [0.4, 0.5) is 10.9 Å². The van der Waals surface area contributed by atoms with E-state index in [9.17, 15) is 9.59 Å². The van der Waals surface area contributed by atoms with Crippen molar-refractivity contribution in [2.45, 2.75) is 51.0 Å². The lowest BCUT2D eigenvalue weighted by molar-refractivity contribution is -0.117. The van der Waals surface area contributed by atoms with Gasteiger partial charge in [-0.1, -0.05) is 18.2 Å². The molecule has 1 aromatic carbocycles. The lowest BCUT2D eigenvalue weighted by Crippen LogP contribution is -2.31. The number of thiophene rings is 1. The molecule has 0 bridgehead atoms. The van der Waals surface area contributed by atoms with Crippen LogP contribution in [0.1, 0.15) is 52.9 Å². The van der Waals surface area contributed by atoms with Gasteiger partial charge in [0, 0.05) is 35.0 Å². The number of carbonyl (C=O) groups excluding carboxylic acids is 2. The largest absolute Gasteiger partial charge is 0.352 e. The van der Waals surface area contributed by atoms with E-state index in [-0.39, 0.29) is 23.8 Å². The minimum absolute atomic E-state index is 0.0454. The third-order valence-corrected chi connectivity index (χ3v) is 7.95. The highest BCUT2D eigenvalue weighted by atomic mass is 32.1. The van der Waals surface area contributed by atoms with E-state index < -0.39 is 0 Å². The third kappa shape index (κ3) is 4.44. The Bertz CT molecular complexity index is 1230. The van der Waals surface area contributed by atoms with E-state index >= 15 is 0 Å². The number of hydrogen-bond acceptors (Lipinski definition) is 6. The molecule has 2 heterocycles. The molecule has 0 saturated heterocycles. The second-order valence-corrected chi connectivity index (χ2v) is 10.6. The number of rotatable bonds is 7. The summed E-state index contributed by atoms with van der Waals surface area (Å²) in [6.07, 6.45) is 8.61. The predicted molar refractivity (Wildman–Crippen MR) is 130 cm³/mol. The first-order valence-corrected chi connectivity index (χ1v) is 12.7. The van der Waals surface area contributed by atoms with E-state index in [1.165, 1.54) is 17.7 Å². The molecule has 1 unspecified atom stereocenters. The van der Waals surface area contributed by atoms with E-state index in [1.54, 1.807) is 11.3 Å². The van der Waals surface area contributed by atoms with Crippen LogP contribution < -0.4 is 16.0 Å². The first-order chi connectivity index (χ1) is 16.1. The van der Waals surface area contributed by atoms with Crippen molar-refractivity contribution in [2.24, 2.45) is 11.8 Å². The maximum absolute atomic E-state index is 13.2. The molecule has 2 saturated carbocycles. The number of aryl methyl sites for hydroxylation is 1. The van der Waals surface area contributed by atoms with Gasteiger partial charge >= 0.3 is 0 Å². The van der Waals surface area contributed by atoms with Crippen molar-refractivity contribution in [3.05, 3.63) is 46.5 Å². The summed E-state index contributed by atoms with van der Waals surface area (Å²) in [7, 11) is 0. The molecule has 0 radical (unpaired) electrons. The third-order valence-electron chi connectivity index (χ3n) is 6.74. The number of para-hydroxylation sites is 1. The molecule has 2 amide bonds. The fourth-order valence-corrected chi connectivity index (χ4v) is 5.71. The van der Waals surface area contributed by atoms with Crippen molar-refractivity contribution in [1.29, 1.82) is 0 Å². The second kappa shape index (κ2) is 8.41. The molecular weight excluding hydrogens is 434 g/mol. The standard InChI is InChI=1S/C25H27N5O2S/c31-22(15-7-8-15)30-24-21(23(32)26-12-14-5-6-14)18-11-17(9-10-20(18)33-24)28-25-27-13-16-3-1-2-4-19(16)29-25/h1-4,13-15,17H,5-12H2,(H,26,32)(H,30,31)(H,27,28,29). The number of carbonyl (C=O) groups is 2. The lowest BCUT2D eigenvalue weighted by Gasteiger charge is -2.24. The van der Waals surface area contributed by atoms with Gasteiger partial charge in [-0.15, -0.1) is 11.3 Å². The van der Waals surface area contributed by atoms with Crippen LogP contribution >= 0.6 is 11.3 Å². The monoisotopic (exact) mass is 461 g/mol. The molecule has 3 aromatic rings. The van der Waals surface area contributed by atoms with Crippen LogP contribution in [0, 0.1) is 11.8 Å². The summed E-state index contributed by atoms with van der Waals surface area (Å²) < 4.78 is 0. The van der Waals surface area contributed by atoms with Crippen molar-refractivity contribution in [1.82, 2.24) is 15.3 Å². The molecule has 0 spiro atoms. The van der Waals surface area contributed by atoms with Gasteiger partial charge in [-0.3, -0.25) is 9.59 Å². The van der Waals surface area contributed by atoms with Crippen LogP contribution in [0.3, 0.4) is 0 Å². The summed E-state index contributed by atoms with van der Waals surface area (Å²) >= 11 is 1.57. The van der Waals surface area contributed by atoms with Gasteiger partial charge in [0.2, 0.25) is 11.9 Å². The summed E-state index contributed by atoms with van der Waals surface area (Å²) in [5.74, 6) is 1.30. The zero-order valence-electron chi connectivity index (χ0n) is 18.4. The highest BCUT2D eigenvalue weighted by Crippen LogP contribution is 2.40. The molecule has 33 heavy (non-hydrogen) atoms. The Morgan fingerprint density at radius 3 is 2.76 bits per heavy atom. The van der Waals surface area contributed by atoms with E-state index in [4.69, 9.17) is 0 Å². The molecule has 3 N–H and O–H groups in total. The predicted octanol–water partition coefficient (Wildman–Crippen LogP) is 4.15. The number of benzene rings is 1. The van der Waals surface area contributed by atoms with Gasteiger partial charge in [-0.2, -0.15) is 0 Å². The summed E-state index contributed by atoms with van der Waals surface area (Å²) in [6, 6.07) is 8.07. The normalized spacial score (nSPS) is 19.7. The van der Waals surface area contributed by atoms with Gasteiger partial charge in [-0.25, -0.2) is 9.97 Å². The number of anilines is 2. The van der Waals surface area contributed by atoms with Crippen LogP contribution in [-0.4, -0.2) is 34.4 Å². The minimum atomic E-state index is -0.0619. The van der Waals surface area contributed by atoms with Crippen LogP contribution in [0.15, 0.2) is 30.5 Å². The Balaban J connectivity index is 1.24. The molecule has 1 atom stereocenters. The minimum Gasteiger partial charge on any atom is -0.352 e. The average Bonchev–Trinajstić information content (AvgIpc) is 3.74. The topological polar surface area (TPSA) is 96.0 Å². The number of aromatic nitrogens is 2. The van der Waals surface area contributed by atoms with Crippen LogP contribution in [-0.2, 0) is 17.6 Å². The first kappa shape index (κ1) is 20.6. The Morgan fingerprint density at radius 1 is 1.09 bits per heavy atom. The Hall–Kier alpha value is -3.00. The Morgan fingerprint density at radius 2 is 1.94 bits per heavy atom. The fraction of sp³-hybridized carbons (Fsp3) is 0.440. The maximum Gasteiger partial charge on any atom is 0.254 e. The summed E-state index contributed by atoms with van der Waals surface area (Å²) in [4.78, 5) is 36.0. The summed E-state index contributed by atoms with van der Waals surface area (Å²) in [5.41, 5.74) is 2.63. The lowest BCUT2D eigenvalue weighted by atomic mass is 9.91. The number of nitrogens with zero attached hydrogens (tertiary/aromatic N) is 2. The van der Waals surface area contributed by atoms with Crippen molar-refractivity contribution < 1.29 is 9.59 Å². The fourth-order valence-electron chi connectivity index (χ4n) is 4.47. The molecule has 8 heteroatoms. The Kier molecular flexibility index (Phi) is 5.25. The van der Waals surface area contributed by atoms with Gasteiger partial charge < -0.3 is 16.0 Å². The van der Waals surface area contributed by atoms with Crippen LogP contribution in [0.25, 0.3) is 10.9 Å².